The van der Waals surface area contributed by atoms with E-state index in [1.54, 1.807) is 55.3 Å². The summed E-state index contributed by atoms with van der Waals surface area (Å²) in [6.45, 7) is 17.2. The van der Waals surface area contributed by atoms with Crippen molar-refractivity contribution in [3.63, 3.8) is 0 Å². The molecule has 39 nitrogen and oxygen atoms in total. The lowest BCUT2D eigenvalue weighted by atomic mass is 9.83. The Balaban J connectivity index is 1.14. The van der Waals surface area contributed by atoms with Crippen molar-refractivity contribution in [2.24, 2.45) is 17.6 Å². The van der Waals surface area contributed by atoms with E-state index in [1.807, 2.05) is 26.0 Å². The van der Waals surface area contributed by atoms with Gasteiger partial charge in [-0.15, -0.1) is 0 Å². The summed E-state index contributed by atoms with van der Waals surface area (Å²) >= 11 is 14.5. The molecule has 7 aliphatic heterocycles. The van der Waals surface area contributed by atoms with Gasteiger partial charge in [0.1, 0.15) is 89.2 Å². The van der Waals surface area contributed by atoms with E-state index in [1.165, 1.54) is 50.2 Å². The van der Waals surface area contributed by atoms with E-state index in [0.29, 0.717) is 24.2 Å². The average Bonchev–Trinajstić information content (AvgIpc) is 0.756. The van der Waals surface area contributed by atoms with Crippen LogP contribution in [0.25, 0.3) is 11.1 Å². The highest BCUT2D eigenvalue weighted by Gasteiger charge is 2.53. The molecule has 42 heteroatoms. The van der Waals surface area contributed by atoms with Crippen LogP contribution >= 0.6 is 23.2 Å². The van der Waals surface area contributed by atoms with E-state index >= 15 is 28.8 Å². The second-order valence-corrected chi connectivity index (χ2v) is 39.0. The molecule has 5 aromatic carbocycles. The highest BCUT2D eigenvalue weighted by Crippen LogP contribution is 2.51. The third-order valence-corrected chi connectivity index (χ3v) is 25.2. The minimum atomic E-state index is -2.35. The number of rotatable bonds is 38. The van der Waals surface area contributed by atoms with E-state index in [4.69, 9.17) is 76.3 Å². The van der Waals surface area contributed by atoms with Gasteiger partial charge in [-0.05, 0) is 138 Å². The molecule has 0 aliphatic carbocycles. The molecule has 754 valence electrons. The van der Waals surface area contributed by atoms with E-state index in [0.717, 1.165) is 92.4 Å². The maximum atomic E-state index is 16.7. The summed E-state index contributed by atoms with van der Waals surface area (Å²) in [4.78, 5) is 138. The maximum Gasteiger partial charge on any atom is 0.410 e. The third kappa shape index (κ3) is 29.2. The molecule has 7 aliphatic rings. The number of carboxylic acid groups (broad SMARTS) is 1. The Morgan fingerprint density at radius 3 is 2.01 bits per heavy atom. The molecule has 7 heterocycles. The van der Waals surface area contributed by atoms with Crippen LogP contribution in [-0.4, -0.2) is 298 Å². The number of carbonyl (C=O) groups excluding carboxylic acids is 8. The van der Waals surface area contributed by atoms with Gasteiger partial charge >= 0.3 is 19.1 Å². The highest BCUT2D eigenvalue weighted by molar-refractivity contribution is 6.45. The number of halogens is 2. The summed E-state index contributed by atoms with van der Waals surface area (Å²) in [5.74, 6) is -19.9. The predicted octanol–water partition coefficient (Wildman–Crippen LogP) is 7.05. The molecule has 0 aromatic heterocycles. The Morgan fingerprint density at radius 1 is 0.745 bits per heavy atom. The van der Waals surface area contributed by atoms with Gasteiger partial charge in [-0.1, -0.05) is 101 Å². The van der Waals surface area contributed by atoms with Crippen LogP contribution < -0.4 is 56.6 Å². The lowest BCUT2D eigenvalue weighted by molar-refractivity contribution is -0.870. The number of ether oxygens (including phenoxy) is 10. The first kappa shape index (κ1) is 109. The zero-order valence-electron chi connectivity index (χ0n) is 79.7. The fourth-order valence-electron chi connectivity index (χ4n) is 17.0. The number of amides is 6. The van der Waals surface area contributed by atoms with E-state index in [-0.39, 0.29) is 97.2 Å². The number of ketones is 2. The summed E-state index contributed by atoms with van der Waals surface area (Å²) in [6, 6.07) is 5.42. The van der Waals surface area contributed by atoms with Gasteiger partial charge < -0.3 is 145 Å². The topological polar surface area (TPSA) is 553 Å². The molecular weight excluding hydrogens is 1830 g/mol. The molecule has 18 N–H and O–H groups in total. The quantitative estimate of drug-likeness (QED) is 0.0107. The predicted molar refractivity (Wildman–Crippen MR) is 501 cm³/mol. The number of likely N-dealkylation sites (N-methyl/N-ethyl adjacent to an activating group) is 2. The summed E-state index contributed by atoms with van der Waals surface area (Å²) in [5.41, 5.74) is 1.01. The number of aromatic hydroxyl groups is 3. The first-order valence-electron chi connectivity index (χ1n) is 46.4. The van der Waals surface area contributed by atoms with E-state index in [2.05, 4.69) is 38.8 Å². The van der Waals surface area contributed by atoms with Crippen molar-refractivity contribution in [1.29, 1.82) is 0 Å². The third-order valence-electron chi connectivity index (χ3n) is 24.6. The minimum Gasteiger partial charge on any atom is -0.507 e. The lowest BCUT2D eigenvalue weighted by Crippen LogP contribution is -2.66. The number of nitrogens with zero attached hydrogens (tertiary/aromatic N) is 3. The van der Waals surface area contributed by atoms with Crippen LogP contribution in [0.4, 0.5) is 4.79 Å². The first-order chi connectivity index (χ1) is 64.7. The molecule has 17 atom stereocenters. The van der Waals surface area contributed by atoms with Crippen LogP contribution in [0.5, 0.6) is 51.7 Å². The molecule has 6 amide bonds. The fourth-order valence-corrected chi connectivity index (χ4v) is 17.4. The second-order valence-electron chi connectivity index (χ2n) is 38.2. The van der Waals surface area contributed by atoms with Crippen LogP contribution in [0.15, 0.2) is 72.8 Å². The zero-order chi connectivity index (χ0) is 100. The summed E-state index contributed by atoms with van der Waals surface area (Å²) in [6.07, 6.45) is -13.6. The number of aliphatic hydroxyl groups excluding tert-OH is 5. The van der Waals surface area contributed by atoms with E-state index < -0.39 is 257 Å². The molecule has 9 unspecified atom stereocenters. The van der Waals surface area contributed by atoms with Crippen molar-refractivity contribution >= 4 is 83.4 Å². The number of hydrogen-bond acceptors (Lipinski definition) is 31. The van der Waals surface area contributed by atoms with Crippen LogP contribution in [0.1, 0.15) is 191 Å². The number of primary amides is 1. The van der Waals surface area contributed by atoms with Gasteiger partial charge in [-0.3, -0.25) is 38.5 Å². The SMILES string of the molecule is CCCCCCCCCCN(CCNC1(C)CC(OC2C(Oc3c4cc5cc3Oc3ccc(cc3Cl)[C@@H](O)[C@@H](NC(=O)[C@@H](CC(C)C)N(C)C(=O)OC(C)(C)C)C(=O)C[C@@H](CC(N)=O)C(=O)N[C@H]5C(=O)C[C@H]3C(=O)N[C@@H](Oc5ccc(c(Cl)c5)O4)C(=O)N[C@H](C(=O)O)c4cc(O)c(CNCCOCCOCC[N+](C)(C)C)c(O)c4-c4cc3ccc4O)OC(CO)C(O)C2O)OC(C)C1O)B(C)O. The van der Waals surface area contributed by atoms with Crippen LogP contribution in [-0.2, 0) is 73.3 Å². The number of hydrogen-bond donors (Lipinski definition) is 17. The second kappa shape index (κ2) is 48.8. The van der Waals surface area contributed by atoms with Gasteiger partial charge in [0.05, 0.1) is 93.8 Å². The zero-order valence-corrected chi connectivity index (χ0v) is 81.2. The molecule has 11 bridgehead atoms. The van der Waals surface area contributed by atoms with Crippen molar-refractivity contribution < 1.29 is 146 Å². The van der Waals surface area contributed by atoms with Gasteiger partial charge in [-0.25, -0.2) is 9.59 Å². The first-order valence-corrected chi connectivity index (χ1v) is 47.2. The number of quaternary nitrogens is 1. The molecule has 5 aromatic rings. The Kier molecular flexibility index (Phi) is 38.9. The number of nitrogens with two attached hydrogens (primary N) is 1. The number of phenolic OH excluding ortho intramolecular Hbond substituents is 3. The Morgan fingerprint density at radius 2 is 1.39 bits per heavy atom. The number of benzene rings is 5. The van der Waals surface area contributed by atoms with Crippen molar-refractivity contribution in [3.05, 3.63) is 111 Å². The monoisotopic (exact) mass is 1960 g/mol. The normalized spacial score (nSPS) is 24.6. The van der Waals surface area contributed by atoms with Gasteiger partial charge in [0.15, 0.2) is 41.5 Å². The van der Waals surface area contributed by atoms with E-state index in [9.17, 15) is 65.4 Å². The molecule has 2 fully saturated rings. The largest absolute Gasteiger partial charge is 0.507 e. The summed E-state index contributed by atoms with van der Waals surface area (Å²) < 4.78 is 64.0. The number of carbonyl (C=O) groups is 9. The minimum absolute atomic E-state index is 0.0503. The number of phenols is 3. The lowest BCUT2D eigenvalue weighted by Gasteiger charge is -2.48. The number of Topliss-reactive ketones (excluding diaryl/α,β-unsaturated/α-hetero) is 2. The van der Waals surface area contributed by atoms with Gasteiger partial charge in [0.2, 0.25) is 35.7 Å². The molecule has 137 heavy (non-hydrogen) atoms. The van der Waals surface area contributed by atoms with Crippen LogP contribution in [0, 0.1) is 11.8 Å². The number of nitrogens with one attached hydrogen (secondary N) is 6. The number of aliphatic carboxylic acids is 1. The Hall–Kier alpha value is -9.83. The number of carboxylic acids is 1. The highest BCUT2D eigenvalue weighted by atomic mass is 35.5. The van der Waals surface area contributed by atoms with Crippen LogP contribution in [0.3, 0.4) is 0 Å². The number of fused-ring (bicyclic) bond motifs is 15. The van der Waals surface area contributed by atoms with Crippen molar-refractivity contribution in [3.8, 4) is 62.9 Å². The standard InChI is InChI=1S/C95H133BCl2N10O29/c1-14-15-16-17-18-19-20-21-30-107(96(9)127)31-28-101-95(8)47-74(130-51(4)85(95)119)135-84-82(118)81(117)72(49-109)134-92(84)136-83-70-41-54-42-71(83)133-69-27-24-56(44-62(69)98)131-90-89(123)103-77(91(124)125)59-46-65(111)60(48-100-29-33-128-35-36-129-34-32-108(11,12)13)80(116)75(59)58-38-52(22-25-64(58)110)57(87(121)105-90)45-67(113)76(54)102-86(120)55(43-73(99)114)40-66(112)78(79(115)53-23-26-68(132-70)61(97)39-53)104-88(122)63(37-50(2)3)106(10)93(126)137-94(5,6)7/h22-27,38-39,41-42,44,46,50-51,55,57,63,72,74,76-79,81-82,84-85,90,92,100-101,109,115,117-119,127H,14-21,28-37,40,43,45,47-49H2,1-13H3,(H9-,99,102,103,104,105,110,111,114,116,120,121,122,123,124,125)/p+1/t51?,55-,57+,63+,72?,74?,76+,77-,78-,79+,81?,82?,84?,85?,90-,92?,95?/m0/s1. The van der Waals surface area contributed by atoms with Crippen molar-refractivity contribution in [2.75, 3.05) is 93.9 Å². The summed E-state index contributed by atoms with van der Waals surface area (Å²) in [7, 11) is 6.54. The smallest absolute Gasteiger partial charge is 0.410 e. The van der Waals surface area contributed by atoms with Gasteiger partial charge in [0.25, 0.3) is 12.1 Å². The average molecular weight is 1960 g/mol. The van der Waals surface area contributed by atoms with Crippen molar-refractivity contribution in [1.82, 2.24) is 41.6 Å². The summed E-state index contributed by atoms with van der Waals surface area (Å²) in [5, 5.41) is 135. The molecule has 0 saturated carbocycles. The Labute approximate surface area is 806 Å². The molecule has 12 rings (SSSR count). The number of aliphatic hydroxyl groups is 5. The van der Waals surface area contributed by atoms with Crippen molar-refractivity contribution in [2.45, 2.75) is 255 Å². The van der Waals surface area contributed by atoms with Gasteiger partial charge in [-0.2, -0.15) is 0 Å². The molecule has 0 radical (unpaired) electrons. The maximum absolute atomic E-state index is 16.7. The van der Waals surface area contributed by atoms with Crippen LogP contribution in [0.2, 0.25) is 16.9 Å². The molecular formula is C95H134BCl2N10O29+. The fraction of sp³-hybridized carbons (Fsp3) is 0.589. The molecule has 2 saturated heterocycles. The molecule has 0 spiro atoms. The Bertz CT molecular complexity index is 5050. The number of unbranched alkanes of at least 4 members (excludes halogenated alkanes) is 7. The van der Waals surface area contributed by atoms with Gasteiger partial charge in [0, 0.05) is 87.2 Å².